The van der Waals surface area contributed by atoms with Crippen molar-refractivity contribution in [2.45, 2.75) is 38.5 Å². The summed E-state index contributed by atoms with van der Waals surface area (Å²) in [6.45, 7) is 2.24. The summed E-state index contributed by atoms with van der Waals surface area (Å²) in [5.41, 5.74) is 4.39. The van der Waals surface area contributed by atoms with E-state index in [1.165, 1.54) is 42.3 Å². The number of benzene rings is 1. The smallest absolute Gasteiger partial charge is 0.0480 e. The molecule has 1 aromatic heterocycles. The lowest BCUT2D eigenvalue weighted by atomic mass is 10.1. The van der Waals surface area contributed by atoms with Gasteiger partial charge >= 0.3 is 0 Å². The molecule has 0 N–H and O–H groups in total. The molecular formula is C15H19N. The molecule has 1 aliphatic rings. The lowest BCUT2D eigenvalue weighted by Crippen LogP contribution is -1.94. The highest BCUT2D eigenvalue weighted by Crippen LogP contribution is 2.41. The molecule has 0 saturated heterocycles. The summed E-state index contributed by atoms with van der Waals surface area (Å²) >= 11 is 0. The number of aryl methyl sites for hydroxylation is 2. The van der Waals surface area contributed by atoms with Crippen LogP contribution in [-0.4, -0.2) is 4.57 Å². The molecule has 0 spiro atoms. The van der Waals surface area contributed by atoms with Gasteiger partial charge in [0.25, 0.3) is 0 Å². The Bertz CT molecular complexity index is 517. The lowest BCUT2D eigenvalue weighted by Gasteiger charge is -2.02. The molecule has 0 aliphatic heterocycles. The first-order valence-corrected chi connectivity index (χ1v) is 6.38. The van der Waals surface area contributed by atoms with Gasteiger partial charge in [0.2, 0.25) is 0 Å². The zero-order chi connectivity index (χ0) is 11.1. The summed E-state index contributed by atoms with van der Waals surface area (Å²) in [5, 5.41) is 1.43. The number of nitrogens with zero attached hydrogens (tertiary/aromatic N) is 1. The highest BCUT2D eigenvalue weighted by molar-refractivity contribution is 5.82. The van der Waals surface area contributed by atoms with Gasteiger partial charge in [0, 0.05) is 23.6 Å². The number of hydrogen-bond acceptors (Lipinski definition) is 0. The van der Waals surface area contributed by atoms with Crippen LogP contribution in [-0.2, 0) is 13.5 Å². The Hall–Kier alpha value is -1.24. The van der Waals surface area contributed by atoms with Crippen LogP contribution in [0.4, 0.5) is 0 Å². The Labute approximate surface area is 97.1 Å². The molecule has 0 radical (unpaired) electrons. The molecule has 16 heavy (non-hydrogen) atoms. The molecule has 84 valence electrons. The molecule has 3 rings (SSSR count). The lowest BCUT2D eigenvalue weighted by molar-refractivity contribution is 0.805. The minimum Gasteiger partial charge on any atom is -0.348 e. The number of aromatic nitrogens is 1. The van der Waals surface area contributed by atoms with E-state index in [2.05, 4.69) is 42.8 Å². The van der Waals surface area contributed by atoms with Gasteiger partial charge in [0.05, 0.1) is 0 Å². The van der Waals surface area contributed by atoms with Gasteiger partial charge in [-0.15, -0.1) is 0 Å². The van der Waals surface area contributed by atoms with Crippen molar-refractivity contribution in [2.75, 3.05) is 0 Å². The molecule has 1 saturated carbocycles. The predicted molar refractivity (Wildman–Crippen MR) is 68.9 cm³/mol. The van der Waals surface area contributed by atoms with E-state index < -0.39 is 0 Å². The monoisotopic (exact) mass is 213 g/mol. The predicted octanol–water partition coefficient (Wildman–Crippen LogP) is 4.01. The second kappa shape index (κ2) is 3.65. The van der Waals surface area contributed by atoms with Crippen molar-refractivity contribution >= 4 is 10.9 Å². The Morgan fingerprint density at radius 2 is 2.06 bits per heavy atom. The molecular weight excluding hydrogens is 194 g/mol. The normalized spacial score (nSPS) is 15.9. The molecule has 1 fully saturated rings. The van der Waals surface area contributed by atoms with E-state index in [1.54, 1.807) is 5.56 Å². The summed E-state index contributed by atoms with van der Waals surface area (Å²) < 4.78 is 2.34. The fourth-order valence-corrected chi connectivity index (χ4v) is 2.59. The van der Waals surface area contributed by atoms with Crippen molar-refractivity contribution in [1.29, 1.82) is 0 Å². The van der Waals surface area contributed by atoms with Gasteiger partial charge in [0.15, 0.2) is 0 Å². The first-order chi connectivity index (χ1) is 7.79. The zero-order valence-corrected chi connectivity index (χ0v) is 10.2. The number of hydrogen-bond donors (Lipinski definition) is 0. The minimum absolute atomic E-state index is 0.860. The minimum atomic E-state index is 0.860. The van der Waals surface area contributed by atoms with Crippen LogP contribution < -0.4 is 0 Å². The van der Waals surface area contributed by atoms with E-state index in [0.717, 1.165) is 5.92 Å². The van der Waals surface area contributed by atoms with Crippen molar-refractivity contribution in [3.05, 3.63) is 35.5 Å². The van der Waals surface area contributed by atoms with E-state index in [4.69, 9.17) is 0 Å². The Morgan fingerprint density at radius 3 is 2.75 bits per heavy atom. The van der Waals surface area contributed by atoms with Crippen molar-refractivity contribution in [2.24, 2.45) is 7.05 Å². The molecule has 0 amide bonds. The second-order valence-electron chi connectivity index (χ2n) is 5.04. The van der Waals surface area contributed by atoms with Gasteiger partial charge in [-0.05, 0) is 48.9 Å². The van der Waals surface area contributed by atoms with Gasteiger partial charge in [-0.2, -0.15) is 0 Å². The van der Waals surface area contributed by atoms with E-state index in [9.17, 15) is 0 Å². The van der Waals surface area contributed by atoms with Crippen LogP contribution >= 0.6 is 0 Å². The van der Waals surface area contributed by atoms with E-state index in [-0.39, 0.29) is 0 Å². The Balaban J connectivity index is 2.09. The third kappa shape index (κ3) is 1.55. The Morgan fingerprint density at radius 1 is 1.25 bits per heavy atom. The highest BCUT2D eigenvalue weighted by atomic mass is 14.9. The third-order valence-electron chi connectivity index (χ3n) is 3.72. The molecule has 2 aromatic rings. The summed E-state index contributed by atoms with van der Waals surface area (Å²) in [5.74, 6) is 0.860. The van der Waals surface area contributed by atoms with Gasteiger partial charge in [-0.25, -0.2) is 0 Å². The van der Waals surface area contributed by atoms with Crippen LogP contribution in [0.5, 0.6) is 0 Å². The van der Waals surface area contributed by atoms with Crippen molar-refractivity contribution in [3.63, 3.8) is 0 Å². The molecule has 1 heteroatoms. The maximum atomic E-state index is 2.40. The van der Waals surface area contributed by atoms with Crippen molar-refractivity contribution < 1.29 is 0 Å². The zero-order valence-electron chi connectivity index (χ0n) is 10.2. The molecule has 0 unspecified atom stereocenters. The topological polar surface area (TPSA) is 4.93 Å². The molecule has 1 aliphatic carbocycles. The summed E-state index contributed by atoms with van der Waals surface area (Å²) in [7, 11) is 2.18. The van der Waals surface area contributed by atoms with Crippen LogP contribution in [0.3, 0.4) is 0 Å². The maximum Gasteiger partial charge on any atom is 0.0480 e. The molecule has 0 atom stereocenters. The van der Waals surface area contributed by atoms with Crippen LogP contribution in [0, 0.1) is 0 Å². The fourth-order valence-electron chi connectivity index (χ4n) is 2.59. The SMILES string of the molecule is CCCc1cc2cc(C3CC3)ccc2n1C. The maximum absolute atomic E-state index is 2.40. The number of rotatable bonds is 3. The van der Waals surface area contributed by atoms with Crippen LogP contribution in [0.15, 0.2) is 24.3 Å². The van der Waals surface area contributed by atoms with Crippen LogP contribution in [0.2, 0.25) is 0 Å². The summed E-state index contributed by atoms with van der Waals surface area (Å²) in [6.07, 6.45) is 5.18. The van der Waals surface area contributed by atoms with E-state index in [1.807, 2.05) is 0 Å². The van der Waals surface area contributed by atoms with Crippen molar-refractivity contribution in [1.82, 2.24) is 4.57 Å². The van der Waals surface area contributed by atoms with Crippen LogP contribution in [0.1, 0.15) is 43.4 Å². The van der Waals surface area contributed by atoms with E-state index in [0.29, 0.717) is 0 Å². The first-order valence-electron chi connectivity index (χ1n) is 6.38. The molecule has 1 aromatic carbocycles. The fraction of sp³-hybridized carbons (Fsp3) is 0.467. The van der Waals surface area contributed by atoms with Gasteiger partial charge in [-0.1, -0.05) is 19.4 Å². The van der Waals surface area contributed by atoms with Gasteiger partial charge < -0.3 is 4.57 Å². The molecule has 0 bridgehead atoms. The van der Waals surface area contributed by atoms with Crippen molar-refractivity contribution in [3.8, 4) is 0 Å². The average molecular weight is 213 g/mol. The van der Waals surface area contributed by atoms with Gasteiger partial charge in [0.1, 0.15) is 0 Å². The molecule has 1 nitrogen and oxygen atoms in total. The highest BCUT2D eigenvalue weighted by Gasteiger charge is 2.23. The molecule has 1 heterocycles. The third-order valence-corrected chi connectivity index (χ3v) is 3.72. The van der Waals surface area contributed by atoms with E-state index >= 15 is 0 Å². The quantitative estimate of drug-likeness (QED) is 0.726. The van der Waals surface area contributed by atoms with Gasteiger partial charge in [-0.3, -0.25) is 0 Å². The summed E-state index contributed by atoms with van der Waals surface area (Å²) in [6, 6.07) is 9.37. The second-order valence-corrected chi connectivity index (χ2v) is 5.04. The Kier molecular flexibility index (Phi) is 2.27. The number of fused-ring (bicyclic) bond motifs is 1. The summed E-state index contributed by atoms with van der Waals surface area (Å²) in [4.78, 5) is 0. The standard InChI is InChI=1S/C15H19N/c1-3-4-14-10-13-9-12(11-5-6-11)7-8-15(13)16(14)2/h7-11H,3-6H2,1-2H3. The largest absolute Gasteiger partial charge is 0.348 e. The first kappa shape index (κ1) is 9.95. The van der Waals surface area contributed by atoms with Crippen LogP contribution in [0.25, 0.3) is 10.9 Å². The average Bonchev–Trinajstić information content (AvgIpc) is 3.07.